The second-order valence-corrected chi connectivity index (χ2v) is 2.67. The molecule has 1 aromatic heterocycles. The van der Waals surface area contributed by atoms with Crippen molar-refractivity contribution in [1.82, 2.24) is 9.78 Å². The van der Waals surface area contributed by atoms with E-state index < -0.39 is 0 Å². The molecule has 0 aliphatic rings. The van der Waals surface area contributed by atoms with Gasteiger partial charge < -0.3 is 5.32 Å². The van der Waals surface area contributed by atoms with Gasteiger partial charge in [-0.25, -0.2) is 0 Å². The lowest BCUT2D eigenvalue weighted by Gasteiger charge is -2.08. The van der Waals surface area contributed by atoms with Crippen LogP contribution < -0.4 is 5.32 Å². The Kier molecular flexibility index (Phi) is 2.76. The highest BCUT2D eigenvalue weighted by molar-refractivity contribution is 5.41. The third kappa shape index (κ3) is 2.03. The molecule has 0 bridgehead atoms. The Labute approximate surface area is 72.8 Å². The topological polar surface area (TPSA) is 29.9 Å². The molecule has 0 aliphatic heterocycles. The zero-order valence-corrected chi connectivity index (χ0v) is 7.41. The largest absolute Gasteiger partial charge is 0.369 e. The second kappa shape index (κ2) is 3.82. The first-order valence-corrected chi connectivity index (χ1v) is 3.97. The highest BCUT2D eigenvalue weighted by Crippen LogP contribution is 2.06. The van der Waals surface area contributed by atoms with E-state index in [0.717, 1.165) is 12.1 Å². The average Bonchev–Trinajstić information content (AvgIpc) is 2.47. The molecule has 0 aliphatic carbocycles. The van der Waals surface area contributed by atoms with Gasteiger partial charge in [0.05, 0.1) is 17.9 Å². The van der Waals surface area contributed by atoms with E-state index in [1.54, 1.807) is 10.9 Å². The maximum Gasteiger partial charge on any atom is 0.0872 e. The fourth-order valence-corrected chi connectivity index (χ4v) is 0.959. The normalized spacial score (nSPS) is 12.1. The molecular formula is C9H13N3. The molecule has 1 rings (SSSR count). The van der Waals surface area contributed by atoms with Crippen molar-refractivity contribution < 1.29 is 0 Å². The van der Waals surface area contributed by atoms with Crippen LogP contribution >= 0.6 is 0 Å². The SMILES string of the molecule is C#CC(CC)Nc1cnn(C)c1. The van der Waals surface area contributed by atoms with Gasteiger partial charge in [-0.1, -0.05) is 12.8 Å². The van der Waals surface area contributed by atoms with Crippen molar-refractivity contribution in [1.29, 1.82) is 0 Å². The van der Waals surface area contributed by atoms with Gasteiger partial charge in [0.25, 0.3) is 0 Å². The molecule has 1 aromatic rings. The first-order chi connectivity index (χ1) is 5.76. The van der Waals surface area contributed by atoms with Crippen LogP contribution in [0.15, 0.2) is 12.4 Å². The standard InChI is InChI=1S/C9H13N3/c1-4-8(5-2)11-9-6-10-12(3)7-9/h1,6-8,11H,5H2,2-3H3. The molecule has 64 valence electrons. The maximum atomic E-state index is 5.30. The van der Waals surface area contributed by atoms with E-state index in [-0.39, 0.29) is 6.04 Å². The molecule has 0 radical (unpaired) electrons. The third-order valence-corrected chi connectivity index (χ3v) is 1.66. The molecule has 0 aromatic carbocycles. The Balaban J connectivity index is 2.58. The number of anilines is 1. The van der Waals surface area contributed by atoms with Gasteiger partial charge in [-0.3, -0.25) is 4.68 Å². The summed E-state index contributed by atoms with van der Waals surface area (Å²) in [6, 6.07) is 0.106. The molecule has 12 heavy (non-hydrogen) atoms. The first-order valence-electron chi connectivity index (χ1n) is 3.97. The maximum absolute atomic E-state index is 5.30. The molecular weight excluding hydrogens is 150 g/mol. The Bertz CT molecular complexity index is 282. The van der Waals surface area contributed by atoms with Gasteiger partial charge in [-0.2, -0.15) is 5.10 Å². The minimum Gasteiger partial charge on any atom is -0.369 e. The number of aryl methyl sites for hydroxylation is 1. The lowest BCUT2D eigenvalue weighted by atomic mass is 10.2. The molecule has 1 atom stereocenters. The van der Waals surface area contributed by atoms with Crippen molar-refractivity contribution in [3.63, 3.8) is 0 Å². The molecule has 0 spiro atoms. The average molecular weight is 163 g/mol. The number of hydrogen-bond donors (Lipinski definition) is 1. The number of nitrogens with one attached hydrogen (secondary N) is 1. The summed E-state index contributed by atoms with van der Waals surface area (Å²) in [5, 5.41) is 7.20. The fourth-order valence-electron chi connectivity index (χ4n) is 0.959. The number of nitrogens with zero attached hydrogens (tertiary/aromatic N) is 2. The molecule has 0 saturated heterocycles. The van der Waals surface area contributed by atoms with Gasteiger partial charge in [-0.15, -0.1) is 6.42 Å². The predicted molar refractivity (Wildman–Crippen MR) is 49.7 cm³/mol. The van der Waals surface area contributed by atoms with Crippen LogP contribution in [0.4, 0.5) is 5.69 Å². The van der Waals surface area contributed by atoms with Crippen LogP contribution in [0.25, 0.3) is 0 Å². The summed E-state index contributed by atoms with van der Waals surface area (Å²) in [7, 11) is 1.88. The van der Waals surface area contributed by atoms with Crippen molar-refractivity contribution >= 4 is 5.69 Å². The zero-order valence-electron chi connectivity index (χ0n) is 7.41. The van der Waals surface area contributed by atoms with Crippen LogP contribution in [-0.2, 0) is 7.05 Å². The van der Waals surface area contributed by atoms with Crippen LogP contribution in [0.3, 0.4) is 0 Å². The zero-order chi connectivity index (χ0) is 8.97. The van der Waals surface area contributed by atoms with E-state index in [2.05, 4.69) is 16.3 Å². The van der Waals surface area contributed by atoms with Crippen molar-refractivity contribution in [2.45, 2.75) is 19.4 Å². The summed E-state index contributed by atoms with van der Waals surface area (Å²) in [4.78, 5) is 0. The third-order valence-electron chi connectivity index (χ3n) is 1.66. The van der Waals surface area contributed by atoms with E-state index in [4.69, 9.17) is 6.42 Å². The highest BCUT2D eigenvalue weighted by atomic mass is 15.3. The fraction of sp³-hybridized carbons (Fsp3) is 0.444. The summed E-state index contributed by atoms with van der Waals surface area (Å²) in [5.41, 5.74) is 0.974. The van der Waals surface area contributed by atoms with Crippen LogP contribution in [0.5, 0.6) is 0 Å². The Morgan fingerprint density at radius 1 is 1.83 bits per heavy atom. The van der Waals surface area contributed by atoms with Gasteiger partial charge >= 0.3 is 0 Å². The van der Waals surface area contributed by atoms with Gasteiger partial charge in [0, 0.05) is 13.2 Å². The highest BCUT2D eigenvalue weighted by Gasteiger charge is 2.01. The van der Waals surface area contributed by atoms with Crippen LogP contribution in [0, 0.1) is 12.3 Å². The number of hydrogen-bond acceptors (Lipinski definition) is 2. The second-order valence-electron chi connectivity index (χ2n) is 2.67. The van der Waals surface area contributed by atoms with Crippen molar-refractivity contribution in [3.05, 3.63) is 12.4 Å². The molecule has 3 nitrogen and oxygen atoms in total. The summed E-state index contributed by atoms with van der Waals surface area (Å²) in [5.74, 6) is 2.66. The molecule has 1 N–H and O–H groups in total. The van der Waals surface area contributed by atoms with Crippen molar-refractivity contribution in [3.8, 4) is 12.3 Å². The lowest BCUT2D eigenvalue weighted by molar-refractivity contribution is 0.767. The predicted octanol–water partition coefficient (Wildman–Crippen LogP) is 1.24. The smallest absolute Gasteiger partial charge is 0.0872 e. The van der Waals surface area contributed by atoms with E-state index in [1.165, 1.54) is 0 Å². The minimum atomic E-state index is 0.106. The monoisotopic (exact) mass is 163 g/mol. The molecule has 0 amide bonds. The van der Waals surface area contributed by atoms with Crippen LogP contribution in [0.2, 0.25) is 0 Å². The lowest BCUT2D eigenvalue weighted by Crippen LogP contribution is -2.14. The van der Waals surface area contributed by atoms with Crippen molar-refractivity contribution in [2.24, 2.45) is 7.05 Å². The van der Waals surface area contributed by atoms with Gasteiger partial charge in [0.1, 0.15) is 0 Å². The Morgan fingerprint density at radius 3 is 3.00 bits per heavy atom. The molecule has 3 heteroatoms. The minimum absolute atomic E-state index is 0.106. The summed E-state index contributed by atoms with van der Waals surface area (Å²) >= 11 is 0. The summed E-state index contributed by atoms with van der Waals surface area (Å²) < 4.78 is 1.74. The van der Waals surface area contributed by atoms with E-state index in [1.807, 2.05) is 20.2 Å². The molecule has 1 heterocycles. The van der Waals surface area contributed by atoms with E-state index in [9.17, 15) is 0 Å². The van der Waals surface area contributed by atoms with Gasteiger partial charge in [-0.05, 0) is 6.42 Å². The molecule has 0 fully saturated rings. The summed E-state index contributed by atoms with van der Waals surface area (Å²) in [6.07, 6.45) is 9.89. The Morgan fingerprint density at radius 2 is 2.58 bits per heavy atom. The summed E-state index contributed by atoms with van der Waals surface area (Å²) in [6.45, 7) is 2.05. The number of rotatable bonds is 3. The van der Waals surface area contributed by atoms with E-state index >= 15 is 0 Å². The Hall–Kier alpha value is -1.43. The van der Waals surface area contributed by atoms with Gasteiger partial charge in [0.2, 0.25) is 0 Å². The molecule has 1 unspecified atom stereocenters. The first kappa shape index (κ1) is 8.66. The number of terminal acetylenes is 1. The van der Waals surface area contributed by atoms with Crippen molar-refractivity contribution in [2.75, 3.05) is 5.32 Å². The van der Waals surface area contributed by atoms with E-state index in [0.29, 0.717) is 0 Å². The number of aromatic nitrogens is 2. The van der Waals surface area contributed by atoms with Gasteiger partial charge in [0.15, 0.2) is 0 Å². The quantitative estimate of drug-likeness (QED) is 0.679. The van der Waals surface area contributed by atoms with Crippen LogP contribution in [0.1, 0.15) is 13.3 Å². The van der Waals surface area contributed by atoms with Crippen LogP contribution in [-0.4, -0.2) is 15.8 Å². The molecule has 0 saturated carbocycles.